The monoisotopic (exact) mass is 678 g/mol. The molecular weight excluding hydrogens is 641 g/mol. The van der Waals surface area contributed by atoms with Crippen molar-refractivity contribution in [1.82, 2.24) is 10.3 Å². The van der Waals surface area contributed by atoms with Crippen LogP contribution in [0.4, 0.5) is 5.69 Å². The van der Waals surface area contributed by atoms with Crippen molar-refractivity contribution >= 4 is 34.8 Å². The third kappa shape index (κ3) is 5.50. The first-order valence-electron chi connectivity index (χ1n) is 16.9. The fraction of sp³-hybridized carbons (Fsp3) is 0.368. The van der Waals surface area contributed by atoms with E-state index in [0.29, 0.717) is 54.3 Å². The van der Waals surface area contributed by atoms with Crippen LogP contribution in [0.1, 0.15) is 81.0 Å². The Morgan fingerprint density at radius 2 is 1.86 bits per heavy atom. The Morgan fingerprint density at radius 3 is 2.57 bits per heavy atom. The number of nitrogens with two attached hydrogens (primary N) is 1. The van der Waals surface area contributed by atoms with Crippen LogP contribution < -0.4 is 21.1 Å². The molecule has 10 nitrogen and oxygen atoms in total. The lowest BCUT2D eigenvalue weighted by Gasteiger charge is -2.61. The molecule has 3 aliphatic carbocycles. The number of rotatable bonds is 9. The molecule has 1 spiro atoms. The molecule has 4 aromatic rings. The van der Waals surface area contributed by atoms with E-state index in [2.05, 4.69) is 15.6 Å². The number of nitrogens with zero attached hydrogens (tertiary/aromatic N) is 1. The molecule has 11 heteroatoms. The van der Waals surface area contributed by atoms with Crippen LogP contribution in [-0.2, 0) is 13.0 Å². The minimum Gasteiger partial charge on any atom is -0.493 e. The Bertz CT molecular complexity index is 1990. The highest BCUT2D eigenvalue weighted by Gasteiger charge is 2.67. The van der Waals surface area contributed by atoms with Gasteiger partial charge in [0.1, 0.15) is 11.4 Å². The Balaban J connectivity index is 1.09. The van der Waals surface area contributed by atoms with E-state index in [0.717, 1.165) is 40.3 Å². The van der Waals surface area contributed by atoms with E-state index < -0.39 is 23.4 Å². The van der Waals surface area contributed by atoms with Crippen LogP contribution in [0.3, 0.4) is 0 Å². The number of carboxylic acids is 1. The van der Waals surface area contributed by atoms with Gasteiger partial charge < -0.3 is 31.3 Å². The summed E-state index contributed by atoms with van der Waals surface area (Å²) in [6.07, 6.45) is 6.39. The van der Waals surface area contributed by atoms with Crippen LogP contribution in [0, 0.1) is 17.3 Å². The molecule has 6 N–H and O–H groups in total. The molecule has 4 atom stereocenters. The van der Waals surface area contributed by atoms with E-state index in [1.807, 2.05) is 23.6 Å². The summed E-state index contributed by atoms with van der Waals surface area (Å²) in [6, 6.07) is 15.7. The standard InChI is InChI=1S/C38H38N4O6S/c39-19-21-1-3-25(4-2-21)41-34(43)28-16-29-31(48-13-8-22-9-14-49-33(22)29)17-27(28)26-5-6-30(42-32(26)36(45)46)35(44)40-12-11-37(47)18-24-15-23-7-10-38(23,24)20-37/h1-6,9,14,16-17,23-24,47H,7-8,10-13,15,18-20,39H2,(H,40,44)(H,41,43)(H,45,46). The second-order valence-electron chi connectivity index (χ2n) is 14.0. The smallest absolute Gasteiger partial charge is 0.355 e. The Morgan fingerprint density at radius 1 is 1.02 bits per heavy atom. The summed E-state index contributed by atoms with van der Waals surface area (Å²) in [5, 5.41) is 29.4. The number of anilines is 1. The number of pyridine rings is 1. The summed E-state index contributed by atoms with van der Waals surface area (Å²) >= 11 is 1.55. The minimum absolute atomic E-state index is 0.0579. The second-order valence-corrected chi connectivity index (χ2v) is 14.9. The zero-order valence-electron chi connectivity index (χ0n) is 27.0. The number of hydrogen-bond donors (Lipinski definition) is 5. The molecular formula is C38H38N4O6S. The van der Waals surface area contributed by atoms with Crippen molar-refractivity contribution in [3.05, 3.63) is 88.1 Å². The van der Waals surface area contributed by atoms with Gasteiger partial charge in [-0.25, -0.2) is 9.78 Å². The topological polar surface area (TPSA) is 164 Å². The van der Waals surface area contributed by atoms with Gasteiger partial charge in [-0.3, -0.25) is 9.59 Å². The maximum absolute atomic E-state index is 14.0. The van der Waals surface area contributed by atoms with Crippen molar-refractivity contribution < 1.29 is 29.3 Å². The molecule has 0 saturated heterocycles. The number of carbonyl (C=O) groups excluding carboxylic acids is 2. The molecule has 8 rings (SSSR count). The van der Waals surface area contributed by atoms with Crippen molar-refractivity contribution in [2.75, 3.05) is 18.5 Å². The van der Waals surface area contributed by atoms with Crippen molar-refractivity contribution in [3.8, 4) is 27.3 Å². The van der Waals surface area contributed by atoms with Crippen LogP contribution in [0.25, 0.3) is 21.6 Å². The average molecular weight is 679 g/mol. The van der Waals surface area contributed by atoms with Gasteiger partial charge in [0.25, 0.3) is 11.8 Å². The van der Waals surface area contributed by atoms with Crippen LogP contribution in [0.2, 0.25) is 0 Å². The highest BCUT2D eigenvalue weighted by Crippen LogP contribution is 2.73. The van der Waals surface area contributed by atoms with Crippen molar-refractivity contribution in [3.63, 3.8) is 0 Å². The molecule has 1 aliphatic heterocycles. The highest BCUT2D eigenvalue weighted by molar-refractivity contribution is 7.13. The second kappa shape index (κ2) is 12.1. The zero-order valence-corrected chi connectivity index (χ0v) is 27.8. The van der Waals surface area contributed by atoms with Crippen LogP contribution >= 0.6 is 11.3 Å². The van der Waals surface area contributed by atoms with E-state index >= 15 is 0 Å². The summed E-state index contributed by atoms with van der Waals surface area (Å²) in [7, 11) is 0. The number of aromatic nitrogens is 1. The summed E-state index contributed by atoms with van der Waals surface area (Å²) in [5.74, 6) is -0.419. The lowest BCUT2D eigenvalue weighted by atomic mass is 9.43. The fourth-order valence-corrected chi connectivity index (χ4v) is 9.72. The van der Waals surface area contributed by atoms with Crippen LogP contribution in [0.15, 0.2) is 60.0 Å². The van der Waals surface area contributed by atoms with Crippen molar-refractivity contribution in [1.29, 1.82) is 0 Å². The van der Waals surface area contributed by atoms with E-state index in [1.54, 1.807) is 35.6 Å². The van der Waals surface area contributed by atoms with Gasteiger partial charge in [0.2, 0.25) is 0 Å². The first-order chi connectivity index (χ1) is 23.7. The van der Waals surface area contributed by atoms with E-state index in [-0.39, 0.29) is 29.1 Å². The highest BCUT2D eigenvalue weighted by atomic mass is 32.1. The quantitative estimate of drug-likeness (QED) is 0.147. The van der Waals surface area contributed by atoms with Gasteiger partial charge in [0, 0.05) is 52.3 Å². The zero-order chi connectivity index (χ0) is 33.9. The summed E-state index contributed by atoms with van der Waals surface area (Å²) in [6.45, 7) is 1.06. The third-order valence-electron chi connectivity index (χ3n) is 11.4. The summed E-state index contributed by atoms with van der Waals surface area (Å²) in [5.41, 5.74) is 8.94. The Labute approximate surface area is 287 Å². The lowest BCUT2D eigenvalue weighted by Crippen LogP contribution is -2.53. The number of ether oxygens (including phenoxy) is 1. The number of nitrogens with one attached hydrogen (secondary N) is 2. The molecule has 2 aromatic heterocycles. The summed E-state index contributed by atoms with van der Waals surface area (Å²) in [4.78, 5) is 45.1. The van der Waals surface area contributed by atoms with Crippen LogP contribution in [0.5, 0.6) is 5.75 Å². The number of amides is 2. The molecule has 2 aromatic carbocycles. The van der Waals surface area contributed by atoms with Gasteiger partial charge in [-0.15, -0.1) is 11.3 Å². The maximum atomic E-state index is 14.0. The first kappa shape index (κ1) is 31.7. The normalized spacial score (nSPS) is 24.4. The maximum Gasteiger partial charge on any atom is 0.355 e. The SMILES string of the molecule is NCc1ccc(NC(=O)c2cc3c(cc2-c2ccc(C(=O)NCCC4(O)CC5CC6CCC65C4)nc2C(=O)O)OCCc2ccsc2-3)cc1. The van der Waals surface area contributed by atoms with Gasteiger partial charge in [-0.2, -0.15) is 0 Å². The van der Waals surface area contributed by atoms with E-state index in [4.69, 9.17) is 10.5 Å². The molecule has 252 valence electrons. The molecule has 3 saturated carbocycles. The molecule has 2 amide bonds. The number of hydrogen-bond acceptors (Lipinski definition) is 8. The van der Waals surface area contributed by atoms with E-state index in [9.17, 15) is 24.6 Å². The van der Waals surface area contributed by atoms with Gasteiger partial charge in [0.15, 0.2) is 5.69 Å². The number of benzene rings is 2. The van der Waals surface area contributed by atoms with Gasteiger partial charge in [-0.05, 0) is 115 Å². The Hall–Kier alpha value is -4.58. The number of thiophene rings is 1. The van der Waals surface area contributed by atoms with Gasteiger partial charge >= 0.3 is 5.97 Å². The predicted octanol–water partition coefficient (Wildman–Crippen LogP) is 5.88. The molecule has 0 radical (unpaired) electrons. The third-order valence-corrected chi connectivity index (χ3v) is 12.4. The minimum atomic E-state index is -1.34. The number of carbonyl (C=O) groups is 3. The fourth-order valence-electron chi connectivity index (χ4n) is 8.74. The molecule has 0 bridgehead atoms. The van der Waals surface area contributed by atoms with Gasteiger partial charge in [0.05, 0.1) is 12.2 Å². The largest absolute Gasteiger partial charge is 0.493 e. The number of aliphatic hydroxyl groups is 1. The summed E-state index contributed by atoms with van der Waals surface area (Å²) < 4.78 is 6.13. The predicted molar refractivity (Wildman–Crippen MR) is 186 cm³/mol. The van der Waals surface area contributed by atoms with E-state index in [1.165, 1.54) is 31.4 Å². The number of fused-ring (bicyclic) bond motifs is 3. The Kier molecular flexibility index (Phi) is 7.81. The average Bonchev–Trinajstić information content (AvgIpc) is 3.63. The van der Waals surface area contributed by atoms with Gasteiger partial charge in [-0.1, -0.05) is 12.1 Å². The van der Waals surface area contributed by atoms with Crippen molar-refractivity contribution in [2.45, 2.75) is 57.1 Å². The molecule has 49 heavy (non-hydrogen) atoms. The molecule has 4 unspecified atom stereocenters. The molecule has 4 aliphatic rings. The number of aromatic carboxylic acids is 1. The first-order valence-corrected chi connectivity index (χ1v) is 17.8. The van der Waals surface area contributed by atoms with Crippen LogP contribution in [-0.4, -0.2) is 51.7 Å². The van der Waals surface area contributed by atoms with Crippen molar-refractivity contribution in [2.24, 2.45) is 23.0 Å². The molecule has 3 heterocycles. The lowest BCUT2D eigenvalue weighted by molar-refractivity contribution is -0.123. The molecule has 3 fully saturated rings. The number of carboxylic acid groups (broad SMARTS) is 1.